The van der Waals surface area contributed by atoms with Crippen molar-refractivity contribution in [3.63, 3.8) is 0 Å². The average molecular weight is 493 g/mol. The van der Waals surface area contributed by atoms with Crippen molar-refractivity contribution in [3.05, 3.63) is 83.9 Å². The van der Waals surface area contributed by atoms with Gasteiger partial charge in [0, 0.05) is 50.5 Å². The zero-order valence-corrected chi connectivity index (χ0v) is 21.6. The summed E-state index contributed by atoms with van der Waals surface area (Å²) in [6, 6.07) is 19.0. The molecule has 0 aliphatic carbocycles. The van der Waals surface area contributed by atoms with E-state index in [-0.39, 0.29) is 5.91 Å². The molecule has 3 aromatic heterocycles. The van der Waals surface area contributed by atoms with Gasteiger partial charge in [-0.2, -0.15) is 0 Å². The SMILES string of the molecule is CN(C)C(=O)c1ccc(C2CCN(Cc3cc4c(-c5ccc6nc[nH]c6c5)ccnc4n3C)CC2)cc1. The molecular formula is C30H32N6O. The van der Waals surface area contributed by atoms with Crippen molar-refractivity contribution >= 4 is 28.0 Å². The predicted octanol–water partition coefficient (Wildman–Crippen LogP) is 5.20. The normalized spacial score (nSPS) is 15.0. The first kappa shape index (κ1) is 23.4. The highest BCUT2D eigenvalue weighted by atomic mass is 16.2. The molecule has 7 heteroatoms. The van der Waals surface area contributed by atoms with E-state index in [1.54, 1.807) is 25.3 Å². The van der Waals surface area contributed by atoms with Gasteiger partial charge in [0.2, 0.25) is 0 Å². The molecule has 6 rings (SSSR count). The van der Waals surface area contributed by atoms with Gasteiger partial charge in [-0.05, 0) is 84.9 Å². The fourth-order valence-corrected chi connectivity index (χ4v) is 5.59. The van der Waals surface area contributed by atoms with Crippen molar-refractivity contribution in [2.75, 3.05) is 27.2 Å². The lowest BCUT2D eigenvalue weighted by Gasteiger charge is -2.32. The van der Waals surface area contributed by atoms with Gasteiger partial charge in [-0.3, -0.25) is 9.69 Å². The summed E-state index contributed by atoms with van der Waals surface area (Å²) in [7, 11) is 5.70. The number of rotatable bonds is 5. The number of fused-ring (bicyclic) bond motifs is 2. The monoisotopic (exact) mass is 492 g/mol. The van der Waals surface area contributed by atoms with Gasteiger partial charge in [0.05, 0.1) is 17.4 Å². The van der Waals surface area contributed by atoms with Crippen LogP contribution in [-0.4, -0.2) is 62.4 Å². The summed E-state index contributed by atoms with van der Waals surface area (Å²) in [6.07, 6.45) is 5.89. The van der Waals surface area contributed by atoms with Crippen LogP contribution < -0.4 is 0 Å². The average Bonchev–Trinajstić information content (AvgIpc) is 3.52. The third kappa shape index (κ3) is 4.40. The van der Waals surface area contributed by atoms with Crippen LogP contribution in [0.4, 0.5) is 0 Å². The van der Waals surface area contributed by atoms with Gasteiger partial charge in [-0.1, -0.05) is 18.2 Å². The highest BCUT2D eigenvalue weighted by molar-refractivity contribution is 5.96. The molecule has 4 heterocycles. The van der Waals surface area contributed by atoms with Crippen LogP contribution in [0, 0.1) is 0 Å². The van der Waals surface area contributed by atoms with Gasteiger partial charge >= 0.3 is 0 Å². The van der Waals surface area contributed by atoms with Gasteiger partial charge in [0.25, 0.3) is 5.91 Å². The van der Waals surface area contributed by atoms with Gasteiger partial charge in [-0.25, -0.2) is 9.97 Å². The van der Waals surface area contributed by atoms with Crippen LogP contribution in [0.25, 0.3) is 33.2 Å². The Morgan fingerprint density at radius 1 is 1.03 bits per heavy atom. The maximum absolute atomic E-state index is 12.2. The molecule has 5 aromatic rings. The Morgan fingerprint density at radius 2 is 1.81 bits per heavy atom. The summed E-state index contributed by atoms with van der Waals surface area (Å²) >= 11 is 0. The number of H-pyrrole nitrogens is 1. The number of aromatic nitrogens is 4. The Labute approximate surface area is 216 Å². The molecule has 0 unspecified atom stereocenters. The molecular weight excluding hydrogens is 460 g/mol. The van der Waals surface area contributed by atoms with Crippen LogP contribution in [0.2, 0.25) is 0 Å². The number of carbonyl (C=O) groups excluding carboxylic acids is 1. The Bertz CT molecular complexity index is 1570. The Balaban J connectivity index is 1.17. The lowest BCUT2D eigenvalue weighted by Crippen LogP contribution is -2.33. The number of amides is 1. The van der Waals surface area contributed by atoms with Crippen molar-refractivity contribution in [3.8, 4) is 11.1 Å². The minimum absolute atomic E-state index is 0.0517. The van der Waals surface area contributed by atoms with E-state index >= 15 is 0 Å². The topological polar surface area (TPSA) is 70.1 Å². The summed E-state index contributed by atoms with van der Waals surface area (Å²) in [5, 5.41) is 1.18. The second-order valence-electron chi connectivity index (χ2n) is 10.3. The van der Waals surface area contributed by atoms with Crippen molar-refractivity contribution in [1.29, 1.82) is 0 Å². The van der Waals surface area contributed by atoms with Crippen molar-refractivity contribution in [1.82, 2.24) is 29.3 Å². The summed E-state index contributed by atoms with van der Waals surface area (Å²) in [4.78, 5) is 28.6. The van der Waals surface area contributed by atoms with Crippen LogP contribution >= 0.6 is 0 Å². The van der Waals surface area contributed by atoms with E-state index in [0.717, 1.165) is 54.7 Å². The molecule has 1 saturated heterocycles. The Kier molecular flexibility index (Phi) is 6.00. The molecule has 37 heavy (non-hydrogen) atoms. The number of imidazole rings is 1. The maximum atomic E-state index is 12.2. The molecule has 1 aliphatic heterocycles. The number of aromatic amines is 1. The van der Waals surface area contributed by atoms with Crippen molar-refractivity contribution in [2.45, 2.75) is 25.3 Å². The Hall–Kier alpha value is -3.97. The lowest BCUT2D eigenvalue weighted by molar-refractivity contribution is 0.0827. The largest absolute Gasteiger partial charge is 0.345 e. The van der Waals surface area contributed by atoms with Crippen LogP contribution in [-0.2, 0) is 13.6 Å². The summed E-state index contributed by atoms with van der Waals surface area (Å²) < 4.78 is 2.24. The van der Waals surface area contributed by atoms with Gasteiger partial charge in [-0.15, -0.1) is 0 Å². The van der Waals surface area contributed by atoms with Gasteiger partial charge in [0.1, 0.15) is 5.65 Å². The highest BCUT2D eigenvalue weighted by Gasteiger charge is 2.22. The molecule has 188 valence electrons. The number of carbonyl (C=O) groups is 1. The molecule has 0 atom stereocenters. The zero-order chi connectivity index (χ0) is 25.5. The molecule has 7 nitrogen and oxygen atoms in total. The number of likely N-dealkylation sites (tertiary alicyclic amines) is 1. The quantitative estimate of drug-likeness (QED) is 0.366. The van der Waals surface area contributed by atoms with E-state index in [4.69, 9.17) is 4.98 Å². The fraction of sp³-hybridized carbons (Fsp3) is 0.300. The molecule has 0 saturated carbocycles. The number of aryl methyl sites for hydroxylation is 1. The van der Waals surface area contributed by atoms with E-state index in [1.165, 1.54) is 27.8 Å². The first-order valence-corrected chi connectivity index (χ1v) is 12.9. The number of nitrogens with one attached hydrogen (secondary N) is 1. The zero-order valence-electron chi connectivity index (χ0n) is 21.6. The number of piperidine rings is 1. The second kappa shape index (κ2) is 9.48. The Morgan fingerprint density at radius 3 is 2.57 bits per heavy atom. The summed E-state index contributed by atoms with van der Waals surface area (Å²) in [5.74, 6) is 0.591. The molecule has 1 aliphatic rings. The molecule has 1 fully saturated rings. The third-order valence-corrected chi connectivity index (χ3v) is 7.77. The number of nitrogens with zero attached hydrogens (tertiary/aromatic N) is 5. The second-order valence-corrected chi connectivity index (χ2v) is 10.3. The summed E-state index contributed by atoms with van der Waals surface area (Å²) in [6.45, 7) is 3.03. The molecule has 1 N–H and O–H groups in total. The van der Waals surface area contributed by atoms with Gasteiger partial charge < -0.3 is 14.5 Å². The van der Waals surface area contributed by atoms with E-state index in [2.05, 4.69) is 68.9 Å². The van der Waals surface area contributed by atoms with E-state index in [1.807, 2.05) is 18.3 Å². The number of hydrogen-bond donors (Lipinski definition) is 1. The number of pyridine rings is 1. The summed E-state index contributed by atoms with van der Waals surface area (Å²) in [5.41, 5.74) is 8.76. The van der Waals surface area contributed by atoms with E-state index < -0.39 is 0 Å². The highest BCUT2D eigenvalue weighted by Crippen LogP contribution is 2.33. The first-order chi connectivity index (χ1) is 18.0. The fourth-order valence-electron chi connectivity index (χ4n) is 5.59. The van der Waals surface area contributed by atoms with Gasteiger partial charge in [0.15, 0.2) is 0 Å². The van der Waals surface area contributed by atoms with Crippen molar-refractivity contribution < 1.29 is 4.79 Å². The third-order valence-electron chi connectivity index (χ3n) is 7.77. The van der Waals surface area contributed by atoms with Crippen LogP contribution in [0.1, 0.15) is 40.4 Å². The standard InChI is InChI=1S/C30H32N6O/c1-34(2)30(37)22-6-4-20(5-7-22)21-11-14-36(15-12-21)18-24-17-26-25(10-13-31-29(26)35(24)3)23-8-9-27-28(16-23)33-19-32-27/h4-10,13,16-17,19,21H,11-12,14-15,18H2,1-3H3,(H,32,33). The minimum atomic E-state index is 0.0517. The van der Waals surface area contributed by atoms with Crippen LogP contribution in [0.3, 0.4) is 0 Å². The maximum Gasteiger partial charge on any atom is 0.253 e. The van der Waals surface area contributed by atoms with Crippen LogP contribution in [0.5, 0.6) is 0 Å². The lowest BCUT2D eigenvalue weighted by atomic mass is 9.89. The first-order valence-electron chi connectivity index (χ1n) is 12.9. The number of hydrogen-bond acceptors (Lipinski definition) is 4. The molecule has 0 radical (unpaired) electrons. The van der Waals surface area contributed by atoms with E-state index in [9.17, 15) is 4.79 Å². The molecule has 0 spiro atoms. The minimum Gasteiger partial charge on any atom is -0.345 e. The van der Waals surface area contributed by atoms with Crippen LogP contribution in [0.15, 0.2) is 67.1 Å². The number of benzene rings is 2. The van der Waals surface area contributed by atoms with Crippen molar-refractivity contribution in [2.24, 2.45) is 7.05 Å². The smallest absolute Gasteiger partial charge is 0.253 e. The molecule has 1 amide bonds. The molecule has 0 bridgehead atoms. The van der Waals surface area contributed by atoms with E-state index in [0.29, 0.717) is 5.92 Å². The predicted molar refractivity (Wildman–Crippen MR) is 148 cm³/mol. The molecule has 2 aromatic carbocycles.